The molecule has 4 nitrogen and oxygen atoms in total. The molecule has 0 saturated heterocycles. The SMILES string of the molecule is Cc1cc2c(cc1-c1nc(N)cs1)OCO2. The Morgan fingerprint density at radius 2 is 2.06 bits per heavy atom. The van der Waals surface area contributed by atoms with Crippen molar-refractivity contribution in [2.45, 2.75) is 6.92 Å². The summed E-state index contributed by atoms with van der Waals surface area (Å²) < 4.78 is 10.7. The van der Waals surface area contributed by atoms with E-state index in [0.717, 1.165) is 27.6 Å². The Kier molecular flexibility index (Phi) is 2.00. The van der Waals surface area contributed by atoms with Crippen LogP contribution in [-0.4, -0.2) is 11.8 Å². The molecule has 16 heavy (non-hydrogen) atoms. The van der Waals surface area contributed by atoms with Crippen LogP contribution in [0.4, 0.5) is 5.82 Å². The molecule has 5 heteroatoms. The van der Waals surface area contributed by atoms with Gasteiger partial charge in [-0.15, -0.1) is 11.3 Å². The second-order valence-electron chi connectivity index (χ2n) is 3.60. The Balaban J connectivity index is 2.14. The largest absolute Gasteiger partial charge is 0.454 e. The van der Waals surface area contributed by atoms with Crippen LogP contribution in [0, 0.1) is 6.92 Å². The number of benzene rings is 1. The quantitative estimate of drug-likeness (QED) is 0.823. The summed E-state index contributed by atoms with van der Waals surface area (Å²) in [5, 5.41) is 2.74. The van der Waals surface area contributed by atoms with Crippen molar-refractivity contribution in [2.24, 2.45) is 0 Å². The number of nitrogens with zero attached hydrogens (tertiary/aromatic N) is 1. The lowest BCUT2D eigenvalue weighted by Gasteiger charge is -2.04. The normalized spacial score (nSPS) is 13.1. The van der Waals surface area contributed by atoms with Gasteiger partial charge in [0.1, 0.15) is 10.8 Å². The van der Waals surface area contributed by atoms with E-state index in [1.54, 1.807) is 0 Å². The van der Waals surface area contributed by atoms with Crippen LogP contribution in [0.25, 0.3) is 10.6 Å². The van der Waals surface area contributed by atoms with Crippen LogP contribution in [0.5, 0.6) is 11.5 Å². The minimum absolute atomic E-state index is 0.290. The van der Waals surface area contributed by atoms with Gasteiger partial charge in [-0.05, 0) is 24.6 Å². The maximum atomic E-state index is 5.62. The standard InChI is InChI=1S/C11H10N2O2S/c1-6-2-8-9(15-5-14-8)3-7(6)11-13-10(12)4-16-11/h2-4H,5,12H2,1H3. The van der Waals surface area contributed by atoms with Gasteiger partial charge in [-0.1, -0.05) is 0 Å². The molecule has 0 atom stereocenters. The Labute approximate surface area is 96.6 Å². The molecule has 0 amide bonds. The minimum Gasteiger partial charge on any atom is -0.454 e. The number of nitrogens with two attached hydrogens (primary N) is 1. The fraction of sp³-hybridized carbons (Fsp3) is 0.182. The van der Waals surface area contributed by atoms with E-state index in [-0.39, 0.29) is 6.79 Å². The Hall–Kier alpha value is -1.75. The van der Waals surface area contributed by atoms with Crippen LogP contribution < -0.4 is 15.2 Å². The first-order valence-corrected chi connectivity index (χ1v) is 5.73. The molecule has 1 aromatic carbocycles. The highest BCUT2D eigenvalue weighted by atomic mass is 32.1. The second-order valence-corrected chi connectivity index (χ2v) is 4.46. The maximum absolute atomic E-state index is 5.62. The van der Waals surface area contributed by atoms with E-state index < -0.39 is 0 Å². The van der Waals surface area contributed by atoms with E-state index in [4.69, 9.17) is 15.2 Å². The molecule has 0 bridgehead atoms. The number of fused-ring (bicyclic) bond motifs is 1. The van der Waals surface area contributed by atoms with Crippen LogP contribution in [0.15, 0.2) is 17.5 Å². The predicted molar refractivity (Wildman–Crippen MR) is 62.8 cm³/mol. The van der Waals surface area contributed by atoms with Crippen LogP contribution >= 0.6 is 11.3 Å². The molecule has 2 N–H and O–H groups in total. The molecule has 1 aromatic heterocycles. The maximum Gasteiger partial charge on any atom is 0.231 e. The van der Waals surface area contributed by atoms with Gasteiger partial charge in [0, 0.05) is 10.9 Å². The highest BCUT2D eigenvalue weighted by Crippen LogP contribution is 2.39. The molecule has 0 saturated carbocycles. The predicted octanol–water partition coefficient (Wildman–Crippen LogP) is 2.43. The third-order valence-electron chi connectivity index (χ3n) is 2.47. The molecule has 1 aliphatic rings. The number of nitrogen functional groups attached to an aromatic ring is 1. The number of anilines is 1. The summed E-state index contributed by atoms with van der Waals surface area (Å²) in [5.74, 6) is 2.12. The molecule has 2 aromatic rings. The van der Waals surface area contributed by atoms with Gasteiger partial charge in [-0.25, -0.2) is 4.98 Å². The van der Waals surface area contributed by atoms with Crippen molar-refractivity contribution in [1.29, 1.82) is 0 Å². The Bertz CT molecular complexity index is 551. The van der Waals surface area contributed by atoms with Crippen molar-refractivity contribution >= 4 is 17.2 Å². The van der Waals surface area contributed by atoms with Gasteiger partial charge < -0.3 is 15.2 Å². The molecule has 0 fully saturated rings. The summed E-state index contributed by atoms with van der Waals surface area (Å²) >= 11 is 1.53. The zero-order valence-electron chi connectivity index (χ0n) is 8.69. The lowest BCUT2D eigenvalue weighted by molar-refractivity contribution is 0.174. The summed E-state index contributed by atoms with van der Waals surface area (Å²) in [7, 11) is 0. The molecule has 0 aliphatic carbocycles. The lowest BCUT2D eigenvalue weighted by Crippen LogP contribution is -1.92. The van der Waals surface area contributed by atoms with Crippen molar-refractivity contribution in [3.63, 3.8) is 0 Å². The van der Waals surface area contributed by atoms with E-state index in [1.165, 1.54) is 11.3 Å². The number of aryl methyl sites for hydroxylation is 1. The fourth-order valence-corrected chi connectivity index (χ4v) is 2.47. The van der Waals surface area contributed by atoms with Crippen LogP contribution in [0.3, 0.4) is 0 Å². The molecule has 0 radical (unpaired) electrons. The Morgan fingerprint density at radius 1 is 1.31 bits per heavy atom. The third kappa shape index (κ3) is 1.40. The third-order valence-corrected chi connectivity index (χ3v) is 3.37. The van der Waals surface area contributed by atoms with Gasteiger partial charge >= 0.3 is 0 Å². The first-order valence-electron chi connectivity index (χ1n) is 4.85. The van der Waals surface area contributed by atoms with E-state index >= 15 is 0 Å². The number of hydrogen-bond donors (Lipinski definition) is 1. The summed E-state index contributed by atoms with van der Waals surface area (Å²) in [6.45, 7) is 2.31. The number of aromatic nitrogens is 1. The summed E-state index contributed by atoms with van der Waals surface area (Å²) in [6, 6.07) is 3.92. The zero-order valence-corrected chi connectivity index (χ0v) is 9.50. The average Bonchev–Trinajstić information content (AvgIpc) is 2.84. The first-order chi connectivity index (χ1) is 7.74. The molecule has 82 valence electrons. The monoisotopic (exact) mass is 234 g/mol. The summed E-state index contributed by atoms with van der Waals surface area (Å²) in [6.07, 6.45) is 0. The van der Waals surface area contributed by atoms with Gasteiger partial charge in [0.2, 0.25) is 6.79 Å². The van der Waals surface area contributed by atoms with Gasteiger partial charge in [-0.2, -0.15) is 0 Å². The highest BCUT2D eigenvalue weighted by Gasteiger charge is 2.17. The molecule has 1 aliphatic heterocycles. The van der Waals surface area contributed by atoms with Gasteiger partial charge in [-0.3, -0.25) is 0 Å². The molecular weight excluding hydrogens is 224 g/mol. The van der Waals surface area contributed by atoms with Gasteiger partial charge in [0.25, 0.3) is 0 Å². The number of ether oxygens (including phenoxy) is 2. The van der Waals surface area contributed by atoms with E-state index in [2.05, 4.69) is 4.98 Å². The molecule has 2 heterocycles. The Morgan fingerprint density at radius 3 is 2.75 bits per heavy atom. The van der Waals surface area contributed by atoms with Crippen molar-refractivity contribution in [2.75, 3.05) is 12.5 Å². The van der Waals surface area contributed by atoms with Crippen molar-refractivity contribution in [3.8, 4) is 22.1 Å². The van der Waals surface area contributed by atoms with Crippen LogP contribution in [0.1, 0.15) is 5.56 Å². The highest BCUT2D eigenvalue weighted by molar-refractivity contribution is 7.13. The molecule has 0 spiro atoms. The minimum atomic E-state index is 0.290. The fourth-order valence-electron chi connectivity index (χ4n) is 1.68. The van der Waals surface area contributed by atoms with E-state index in [1.807, 2.05) is 24.4 Å². The molecule has 0 unspecified atom stereocenters. The van der Waals surface area contributed by atoms with Crippen LogP contribution in [-0.2, 0) is 0 Å². The van der Waals surface area contributed by atoms with Gasteiger partial charge in [0.15, 0.2) is 11.5 Å². The summed E-state index contributed by atoms with van der Waals surface area (Å²) in [5.41, 5.74) is 7.78. The van der Waals surface area contributed by atoms with E-state index in [9.17, 15) is 0 Å². The summed E-state index contributed by atoms with van der Waals surface area (Å²) in [4.78, 5) is 4.27. The lowest BCUT2D eigenvalue weighted by atomic mass is 10.1. The second kappa shape index (κ2) is 3.38. The topological polar surface area (TPSA) is 57.4 Å². The van der Waals surface area contributed by atoms with Crippen molar-refractivity contribution in [1.82, 2.24) is 4.98 Å². The molecule has 3 rings (SSSR count). The average molecular weight is 234 g/mol. The number of hydrogen-bond acceptors (Lipinski definition) is 5. The zero-order chi connectivity index (χ0) is 11.1. The smallest absolute Gasteiger partial charge is 0.231 e. The van der Waals surface area contributed by atoms with Crippen molar-refractivity contribution < 1.29 is 9.47 Å². The van der Waals surface area contributed by atoms with E-state index in [0.29, 0.717) is 5.82 Å². The van der Waals surface area contributed by atoms with Crippen LogP contribution in [0.2, 0.25) is 0 Å². The molecular formula is C11H10N2O2S. The number of thiazole rings is 1. The van der Waals surface area contributed by atoms with Crippen molar-refractivity contribution in [3.05, 3.63) is 23.1 Å². The first kappa shape index (κ1) is 9.47. The van der Waals surface area contributed by atoms with Gasteiger partial charge in [0.05, 0.1) is 0 Å². The number of rotatable bonds is 1.